The van der Waals surface area contributed by atoms with E-state index in [2.05, 4.69) is 29.4 Å². The Bertz CT molecular complexity index is 422. The standard InChI is InChI=1S/C11H15N3OS/c1-8(2)12-6-5-10-13-14-11(16-10)9-4-3-7-15-9/h3-4,7-8,12H,5-6H2,1-2H3. The summed E-state index contributed by atoms with van der Waals surface area (Å²) in [5, 5.41) is 13.5. The van der Waals surface area contributed by atoms with E-state index in [1.807, 2.05) is 12.1 Å². The third kappa shape index (κ3) is 2.90. The first-order chi connectivity index (χ1) is 7.75. The first-order valence-electron chi connectivity index (χ1n) is 5.35. The van der Waals surface area contributed by atoms with Crippen LogP contribution in [0, 0.1) is 0 Å². The highest BCUT2D eigenvalue weighted by atomic mass is 32.1. The lowest BCUT2D eigenvalue weighted by molar-refractivity contribution is 0.580. The van der Waals surface area contributed by atoms with Crippen LogP contribution in [0.25, 0.3) is 10.8 Å². The molecule has 1 N–H and O–H groups in total. The van der Waals surface area contributed by atoms with Crippen LogP contribution in [-0.4, -0.2) is 22.8 Å². The van der Waals surface area contributed by atoms with Gasteiger partial charge < -0.3 is 9.73 Å². The molecule has 2 rings (SSSR count). The van der Waals surface area contributed by atoms with Crippen LogP contribution in [0.5, 0.6) is 0 Å². The maximum absolute atomic E-state index is 5.27. The molecule has 0 unspecified atom stereocenters. The monoisotopic (exact) mass is 237 g/mol. The first-order valence-corrected chi connectivity index (χ1v) is 6.17. The van der Waals surface area contributed by atoms with Crippen molar-refractivity contribution in [1.29, 1.82) is 0 Å². The Morgan fingerprint density at radius 1 is 1.44 bits per heavy atom. The number of hydrogen-bond acceptors (Lipinski definition) is 5. The smallest absolute Gasteiger partial charge is 0.183 e. The van der Waals surface area contributed by atoms with E-state index in [4.69, 9.17) is 4.42 Å². The van der Waals surface area contributed by atoms with Crippen LogP contribution in [0.1, 0.15) is 18.9 Å². The van der Waals surface area contributed by atoms with Gasteiger partial charge in [-0.3, -0.25) is 0 Å². The van der Waals surface area contributed by atoms with Crippen LogP contribution in [0.15, 0.2) is 22.8 Å². The zero-order valence-corrected chi connectivity index (χ0v) is 10.3. The van der Waals surface area contributed by atoms with E-state index in [-0.39, 0.29) is 0 Å². The molecule has 0 radical (unpaired) electrons. The molecule has 0 spiro atoms. The van der Waals surface area contributed by atoms with Crippen LogP contribution >= 0.6 is 11.3 Å². The fourth-order valence-electron chi connectivity index (χ4n) is 1.32. The fraction of sp³-hybridized carbons (Fsp3) is 0.455. The molecular weight excluding hydrogens is 222 g/mol. The summed E-state index contributed by atoms with van der Waals surface area (Å²) >= 11 is 1.59. The van der Waals surface area contributed by atoms with Gasteiger partial charge >= 0.3 is 0 Å². The normalized spacial score (nSPS) is 11.2. The van der Waals surface area contributed by atoms with Gasteiger partial charge in [-0.25, -0.2) is 0 Å². The highest BCUT2D eigenvalue weighted by Crippen LogP contribution is 2.23. The summed E-state index contributed by atoms with van der Waals surface area (Å²) in [6, 6.07) is 4.27. The minimum absolute atomic E-state index is 0.512. The SMILES string of the molecule is CC(C)NCCc1nnc(-c2ccco2)s1. The Hall–Kier alpha value is -1.20. The van der Waals surface area contributed by atoms with Gasteiger partial charge in [0.25, 0.3) is 0 Å². The molecule has 0 amide bonds. The molecule has 0 saturated heterocycles. The van der Waals surface area contributed by atoms with Crippen LogP contribution in [0.3, 0.4) is 0 Å². The lowest BCUT2D eigenvalue weighted by atomic mass is 10.3. The first kappa shape index (κ1) is 11.3. The summed E-state index contributed by atoms with van der Waals surface area (Å²) < 4.78 is 5.27. The Morgan fingerprint density at radius 2 is 2.31 bits per heavy atom. The van der Waals surface area contributed by atoms with Gasteiger partial charge in [0, 0.05) is 19.0 Å². The highest BCUT2D eigenvalue weighted by Gasteiger charge is 2.08. The van der Waals surface area contributed by atoms with Crippen molar-refractivity contribution < 1.29 is 4.42 Å². The molecule has 0 bridgehead atoms. The largest absolute Gasteiger partial charge is 0.462 e. The second-order valence-electron chi connectivity index (χ2n) is 3.84. The van der Waals surface area contributed by atoms with E-state index in [0.29, 0.717) is 6.04 Å². The van der Waals surface area contributed by atoms with Crippen molar-refractivity contribution in [1.82, 2.24) is 15.5 Å². The quantitative estimate of drug-likeness (QED) is 0.867. The Kier molecular flexibility index (Phi) is 3.69. The summed E-state index contributed by atoms with van der Waals surface area (Å²) in [7, 11) is 0. The van der Waals surface area contributed by atoms with E-state index >= 15 is 0 Å². The molecule has 0 aliphatic carbocycles. The maximum atomic E-state index is 5.27. The van der Waals surface area contributed by atoms with Crippen molar-refractivity contribution in [2.24, 2.45) is 0 Å². The number of hydrogen-bond donors (Lipinski definition) is 1. The van der Waals surface area contributed by atoms with Crippen LogP contribution in [-0.2, 0) is 6.42 Å². The van der Waals surface area contributed by atoms with Crippen molar-refractivity contribution in [3.05, 3.63) is 23.4 Å². The number of aromatic nitrogens is 2. The summed E-state index contributed by atoms with van der Waals surface area (Å²) in [6.07, 6.45) is 2.56. The van der Waals surface area contributed by atoms with E-state index in [1.165, 1.54) is 0 Å². The van der Waals surface area contributed by atoms with Gasteiger partial charge in [0.1, 0.15) is 5.01 Å². The Morgan fingerprint density at radius 3 is 3.00 bits per heavy atom. The molecule has 86 valence electrons. The molecule has 16 heavy (non-hydrogen) atoms. The summed E-state index contributed by atoms with van der Waals surface area (Å²) in [6.45, 7) is 5.20. The van der Waals surface area contributed by atoms with Crippen molar-refractivity contribution in [3.63, 3.8) is 0 Å². The van der Waals surface area contributed by atoms with Crippen LogP contribution < -0.4 is 5.32 Å². The summed E-state index contributed by atoms with van der Waals surface area (Å²) in [4.78, 5) is 0. The molecule has 4 nitrogen and oxygen atoms in total. The number of nitrogens with one attached hydrogen (secondary N) is 1. The van der Waals surface area contributed by atoms with Gasteiger partial charge in [-0.05, 0) is 12.1 Å². The van der Waals surface area contributed by atoms with Crippen molar-refractivity contribution >= 4 is 11.3 Å². The summed E-state index contributed by atoms with van der Waals surface area (Å²) in [5.74, 6) is 0.792. The lowest BCUT2D eigenvalue weighted by Gasteiger charge is -2.04. The topological polar surface area (TPSA) is 51.0 Å². The average Bonchev–Trinajstić information content (AvgIpc) is 2.85. The van der Waals surface area contributed by atoms with Gasteiger partial charge in [0.05, 0.1) is 6.26 Å². The zero-order valence-electron chi connectivity index (χ0n) is 9.43. The second kappa shape index (κ2) is 5.23. The van der Waals surface area contributed by atoms with E-state index in [9.17, 15) is 0 Å². The molecule has 2 aromatic rings. The highest BCUT2D eigenvalue weighted by molar-refractivity contribution is 7.14. The number of nitrogens with zero attached hydrogens (tertiary/aromatic N) is 2. The minimum atomic E-state index is 0.512. The number of furan rings is 1. The van der Waals surface area contributed by atoms with Gasteiger partial charge in [0.2, 0.25) is 0 Å². The maximum Gasteiger partial charge on any atom is 0.183 e. The third-order valence-corrected chi connectivity index (χ3v) is 3.09. The molecule has 0 aliphatic heterocycles. The van der Waals surface area contributed by atoms with Crippen LogP contribution in [0.2, 0.25) is 0 Å². The van der Waals surface area contributed by atoms with Crippen molar-refractivity contribution in [2.45, 2.75) is 26.3 Å². The second-order valence-corrected chi connectivity index (χ2v) is 4.90. The number of rotatable bonds is 5. The molecular formula is C11H15N3OS. The van der Waals surface area contributed by atoms with Crippen molar-refractivity contribution in [2.75, 3.05) is 6.54 Å². The average molecular weight is 237 g/mol. The molecule has 2 heterocycles. The lowest BCUT2D eigenvalue weighted by Crippen LogP contribution is -2.24. The van der Waals surface area contributed by atoms with E-state index in [0.717, 1.165) is 28.7 Å². The molecule has 0 atom stereocenters. The van der Waals surface area contributed by atoms with Crippen molar-refractivity contribution in [3.8, 4) is 10.8 Å². The van der Waals surface area contributed by atoms with E-state index < -0.39 is 0 Å². The van der Waals surface area contributed by atoms with Gasteiger partial charge in [0.15, 0.2) is 10.8 Å². The molecule has 2 aromatic heterocycles. The van der Waals surface area contributed by atoms with Gasteiger partial charge in [-0.15, -0.1) is 10.2 Å². The zero-order chi connectivity index (χ0) is 11.4. The predicted molar refractivity (Wildman–Crippen MR) is 64.5 cm³/mol. The predicted octanol–water partition coefficient (Wildman–Crippen LogP) is 2.34. The molecule has 0 aromatic carbocycles. The molecule has 0 aliphatic rings. The Balaban J connectivity index is 1.93. The van der Waals surface area contributed by atoms with E-state index in [1.54, 1.807) is 17.6 Å². The minimum Gasteiger partial charge on any atom is -0.462 e. The Labute approximate surface area is 98.7 Å². The summed E-state index contributed by atoms with van der Waals surface area (Å²) in [5.41, 5.74) is 0. The van der Waals surface area contributed by atoms with Gasteiger partial charge in [-0.2, -0.15) is 0 Å². The molecule has 5 heteroatoms. The molecule has 0 saturated carbocycles. The fourth-order valence-corrected chi connectivity index (χ4v) is 2.13. The molecule has 0 fully saturated rings. The van der Waals surface area contributed by atoms with Crippen LogP contribution in [0.4, 0.5) is 0 Å². The third-order valence-electron chi connectivity index (χ3n) is 2.09. The van der Waals surface area contributed by atoms with Gasteiger partial charge in [-0.1, -0.05) is 25.2 Å².